The van der Waals surface area contributed by atoms with E-state index in [1.807, 2.05) is 12.3 Å². The molecule has 0 saturated carbocycles. The molecule has 1 aromatic rings. The van der Waals surface area contributed by atoms with Crippen LogP contribution in [0.3, 0.4) is 0 Å². The number of hydrogen-bond donors (Lipinski definition) is 2. The summed E-state index contributed by atoms with van der Waals surface area (Å²) in [6, 6.07) is 6.13. The summed E-state index contributed by atoms with van der Waals surface area (Å²) in [5, 5.41) is 10.4. The number of pyridine rings is 1. The highest BCUT2D eigenvalue weighted by Crippen LogP contribution is 2.13. The van der Waals surface area contributed by atoms with Crippen molar-refractivity contribution in [2.75, 3.05) is 13.1 Å². The molecule has 1 aliphatic rings. The predicted molar refractivity (Wildman–Crippen MR) is 62.6 cm³/mol. The molecule has 0 amide bonds. The van der Waals surface area contributed by atoms with Crippen molar-refractivity contribution in [3.8, 4) is 0 Å². The molecule has 0 aromatic carbocycles. The van der Waals surface area contributed by atoms with Crippen LogP contribution in [0.25, 0.3) is 0 Å². The molecule has 0 bridgehead atoms. The van der Waals surface area contributed by atoms with E-state index in [1.165, 1.54) is 25.2 Å². The molecule has 106 valence electrons. The first-order valence-corrected chi connectivity index (χ1v) is 5.80. The second-order valence-electron chi connectivity index (χ2n) is 4.19. The highest BCUT2D eigenvalue weighted by Gasteiger charge is 2.38. The average molecular weight is 276 g/mol. The lowest BCUT2D eigenvalue weighted by atomic mass is 9.96. The number of hydrogen-bond acceptors (Lipinski definition) is 3. The number of aryl methyl sites for hydroxylation is 1. The van der Waals surface area contributed by atoms with Gasteiger partial charge in [0.2, 0.25) is 0 Å². The topological polar surface area (TPSA) is 62.2 Å². The van der Waals surface area contributed by atoms with E-state index in [2.05, 4.69) is 22.4 Å². The Balaban J connectivity index is 0.000000224. The highest BCUT2D eigenvalue weighted by molar-refractivity contribution is 5.73. The highest BCUT2D eigenvalue weighted by atomic mass is 19.4. The van der Waals surface area contributed by atoms with E-state index in [1.54, 1.807) is 0 Å². The Morgan fingerprint density at radius 1 is 1.42 bits per heavy atom. The maximum absolute atomic E-state index is 10.6. The van der Waals surface area contributed by atoms with E-state index >= 15 is 0 Å². The van der Waals surface area contributed by atoms with E-state index < -0.39 is 12.1 Å². The monoisotopic (exact) mass is 276 g/mol. The largest absolute Gasteiger partial charge is 0.490 e. The van der Waals surface area contributed by atoms with Gasteiger partial charge in [0.15, 0.2) is 0 Å². The van der Waals surface area contributed by atoms with Gasteiger partial charge in [-0.2, -0.15) is 13.2 Å². The number of aliphatic carboxylic acids is 1. The first-order chi connectivity index (χ1) is 8.89. The number of nitrogens with one attached hydrogen (secondary N) is 1. The zero-order valence-corrected chi connectivity index (χ0v) is 10.2. The third-order valence-electron chi connectivity index (χ3n) is 2.64. The Morgan fingerprint density at radius 2 is 2.05 bits per heavy atom. The molecule has 0 unspecified atom stereocenters. The van der Waals surface area contributed by atoms with Crippen LogP contribution in [0, 0.1) is 5.92 Å². The van der Waals surface area contributed by atoms with Crippen molar-refractivity contribution in [1.82, 2.24) is 10.3 Å². The van der Waals surface area contributed by atoms with Crippen LogP contribution in [0.2, 0.25) is 0 Å². The average Bonchev–Trinajstić information content (AvgIpc) is 2.28. The van der Waals surface area contributed by atoms with Crippen LogP contribution in [0.5, 0.6) is 0 Å². The van der Waals surface area contributed by atoms with Gasteiger partial charge in [-0.3, -0.25) is 4.98 Å². The quantitative estimate of drug-likeness (QED) is 0.884. The van der Waals surface area contributed by atoms with Crippen molar-refractivity contribution in [3.05, 3.63) is 30.1 Å². The molecule has 7 heteroatoms. The molecule has 1 aromatic heterocycles. The molecule has 1 fully saturated rings. The summed E-state index contributed by atoms with van der Waals surface area (Å²) >= 11 is 0. The van der Waals surface area contributed by atoms with Crippen LogP contribution in [-0.4, -0.2) is 35.3 Å². The van der Waals surface area contributed by atoms with E-state index in [0.29, 0.717) is 0 Å². The van der Waals surface area contributed by atoms with Gasteiger partial charge in [-0.1, -0.05) is 6.07 Å². The summed E-state index contributed by atoms with van der Waals surface area (Å²) in [6.07, 6.45) is -0.800. The van der Waals surface area contributed by atoms with Gasteiger partial charge in [0.1, 0.15) is 0 Å². The number of nitrogens with zero attached hydrogens (tertiary/aromatic N) is 1. The lowest BCUT2D eigenvalue weighted by molar-refractivity contribution is -0.192. The second-order valence-corrected chi connectivity index (χ2v) is 4.19. The summed E-state index contributed by atoms with van der Waals surface area (Å²) in [5.74, 6) is -1.86. The van der Waals surface area contributed by atoms with Gasteiger partial charge in [-0.05, 0) is 44.0 Å². The summed E-state index contributed by atoms with van der Waals surface area (Å²) in [5.41, 5.74) is 1.23. The van der Waals surface area contributed by atoms with Crippen LogP contribution in [-0.2, 0) is 11.2 Å². The van der Waals surface area contributed by atoms with Gasteiger partial charge >= 0.3 is 12.1 Å². The zero-order chi connectivity index (χ0) is 14.3. The molecular formula is C12H15F3N2O2. The molecule has 1 saturated heterocycles. The third-order valence-corrected chi connectivity index (χ3v) is 2.64. The number of aromatic nitrogens is 1. The van der Waals surface area contributed by atoms with E-state index in [4.69, 9.17) is 9.90 Å². The van der Waals surface area contributed by atoms with Gasteiger partial charge in [0.25, 0.3) is 0 Å². The second kappa shape index (κ2) is 7.08. The van der Waals surface area contributed by atoms with Gasteiger partial charge in [0.05, 0.1) is 0 Å². The number of carboxylic acid groups (broad SMARTS) is 1. The summed E-state index contributed by atoms with van der Waals surface area (Å²) < 4.78 is 31.7. The minimum absolute atomic E-state index is 0.895. The third kappa shape index (κ3) is 6.19. The fourth-order valence-electron chi connectivity index (χ4n) is 1.45. The van der Waals surface area contributed by atoms with Crippen molar-refractivity contribution >= 4 is 5.97 Å². The van der Waals surface area contributed by atoms with Gasteiger partial charge in [0, 0.05) is 11.9 Å². The molecule has 0 radical (unpaired) electrons. The smallest absolute Gasteiger partial charge is 0.475 e. The molecular weight excluding hydrogens is 261 g/mol. The van der Waals surface area contributed by atoms with Crippen molar-refractivity contribution in [2.24, 2.45) is 5.92 Å². The SMILES string of the molecule is O=C(O)C(F)(F)F.c1ccc(CCC2CNC2)nc1. The number of rotatable bonds is 3. The lowest BCUT2D eigenvalue weighted by Gasteiger charge is -2.26. The minimum atomic E-state index is -5.08. The van der Waals surface area contributed by atoms with Crippen LogP contribution in [0.15, 0.2) is 24.4 Å². The van der Waals surface area contributed by atoms with Crippen molar-refractivity contribution in [1.29, 1.82) is 0 Å². The molecule has 0 aliphatic carbocycles. The van der Waals surface area contributed by atoms with Gasteiger partial charge < -0.3 is 10.4 Å². The molecule has 1 aliphatic heterocycles. The molecule has 19 heavy (non-hydrogen) atoms. The number of carboxylic acids is 1. The summed E-state index contributed by atoms with van der Waals surface area (Å²) in [4.78, 5) is 13.2. The number of halogens is 3. The molecule has 4 nitrogen and oxygen atoms in total. The Bertz CT molecular complexity index is 392. The molecule has 2 heterocycles. The van der Waals surface area contributed by atoms with Gasteiger partial charge in [-0.25, -0.2) is 4.79 Å². The Kier molecular flexibility index (Phi) is 5.75. The fraction of sp³-hybridized carbons (Fsp3) is 0.500. The Morgan fingerprint density at radius 3 is 2.42 bits per heavy atom. The number of alkyl halides is 3. The van der Waals surface area contributed by atoms with E-state index in [9.17, 15) is 13.2 Å². The molecule has 0 spiro atoms. The number of carbonyl (C=O) groups is 1. The van der Waals surface area contributed by atoms with Gasteiger partial charge in [-0.15, -0.1) is 0 Å². The van der Waals surface area contributed by atoms with E-state index in [0.717, 1.165) is 12.3 Å². The maximum Gasteiger partial charge on any atom is 0.490 e. The first kappa shape index (κ1) is 15.4. The fourth-order valence-corrected chi connectivity index (χ4v) is 1.45. The molecule has 0 atom stereocenters. The standard InChI is InChI=1S/C10H14N2.C2HF3O2/c1-2-6-12-10(3-1)5-4-9-7-11-8-9;3-2(4,5)1(6)7/h1-3,6,9,11H,4-5,7-8H2;(H,6,7). The summed E-state index contributed by atoms with van der Waals surface area (Å²) in [7, 11) is 0. The van der Waals surface area contributed by atoms with Crippen LogP contribution >= 0.6 is 0 Å². The maximum atomic E-state index is 10.6. The van der Waals surface area contributed by atoms with Crippen molar-refractivity contribution in [3.63, 3.8) is 0 Å². The Hall–Kier alpha value is -1.63. The molecule has 2 N–H and O–H groups in total. The lowest BCUT2D eigenvalue weighted by Crippen LogP contribution is -2.42. The van der Waals surface area contributed by atoms with E-state index in [-0.39, 0.29) is 0 Å². The minimum Gasteiger partial charge on any atom is -0.475 e. The van der Waals surface area contributed by atoms with Crippen molar-refractivity contribution in [2.45, 2.75) is 19.0 Å². The Labute approximate surface area is 108 Å². The van der Waals surface area contributed by atoms with Crippen molar-refractivity contribution < 1.29 is 23.1 Å². The summed E-state index contributed by atoms with van der Waals surface area (Å²) in [6.45, 7) is 2.40. The predicted octanol–water partition coefficient (Wildman–Crippen LogP) is 1.87. The zero-order valence-electron chi connectivity index (χ0n) is 10.2. The normalized spacial score (nSPS) is 15.1. The first-order valence-electron chi connectivity index (χ1n) is 5.80. The van der Waals surface area contributed by atoms with Crippen LogP contribution in [0.4, 0.5) is 13.2 Å². The van der Waals surface area contributed by atoms with Crippen LogP contribution < -0.4 is 5.32 Å². The molecule has 2 rings (SSSR count). The van der Waals surface area contributed by atoms with Crippen LogP contribution in [0.1, 0.15) is 12.1 Å².